The number of alkyl carbamates (subject to hydrolysis) is 1. The monoisotopic (exact) mass is 193 g/mol. The van der Waals surface area contributed by atoms with Crippen LogP contribution in [0.2, 0.25) is 0 Å². The zero-order valence-corrected chi connectivity index (χ0v) is 7.82. The summed E-state index contributed by atoms with van der Waals surface area (Å²) in [5, 5.41) is 2.69. The molecule has 2 rings (SSSR count). The second-order valence-electron chi connectivity index (χ2n) is 3.20. The first-order chi connectivity index (χ1) is 6.75. The third-order valence-electron chi connectivity index (χ3n) is 2.14. The van der Waals surface area contributed by atoms with E-state index in [2.05, 4.69) is 5.32 Å². The van der Waals surface area contributed by atoms with Crippen LogP contribution in [0.3, 0.4) is 0 Å². The number of hydrogen-bond acceptors (Lipinski definition) is 3. The molecule has 1 aromatic rings. The van der Waals surface area contributed by atoms with E-state index in [4.69, 9.17) is 9.15 Å². The van der Waals surface area contributed by atoms with Crippen molar-refractivity contribution in [3.8, 4) is 0 Å². The van der Waals surface area contributed by atoms with Crippen molar-refractivity contribution in [2.75, 3.05) is 6.61 Å². The number of carbonyl (C=O) groups excluding carboxylic acids is 1. The highest BCUT2D eigenvalue weighted by Crippen LogP contribution is 2.13. The smallest absolute Gasteiger partial charge is 0.407 e. The topological polar surface area (TPSA) is 51.5 Å². The Morgan fingerprint density at radius 3 is 3.14 bits per heavy atom. The molecule has 1 saturated heterocycles. The summed E-state index contributed by atoms with van der Waals surface area (Å²) >= 11 is 0. The molecule has 1 aromatic heterocycles. The fourth-order valence-corrected chi connectivity index (χ4v) is 1.33. The minimum absolute atomic E-state index is 0.0346. The number of furan rings is 1. The maximum atomic E-state index is 10.8. The van der Waals surface area contributed by atoms with Crippen LogP contribution in [-0.2, 0) is 4.74 Å². The first kappa shape index (κ1) is 8.87. The van der Waals surface area contributed by atoms with Gasteiger partial charge in [-0.2, -0.15) is 0 Å². The lowest BCUT2D eigenvalue weighted by Crippen LogP contribution is -2.26. The van der Waals surface area contributed by atoms with Crippen molar-refractivity contribution in [1.82, 2.24) is 5.32 Å². The van der Waals surface area contributed by atoms with Crippen molar-refractivity contribution in [1.29, 1.82) is 0 Å². The number of ether oxygens (including phenoxy) is 1. The largest absolute Gasteiger partial charge is 0.465 e. The maximum absolute atomic E-state index is 10.8. The van der Waals surface area contributed by atoms with Crippen LogP contribution in [-0.4, -0.2) is 18.7 Å². The average molecular weight is 193 g/mol. The molecule has 2 heterocycles. The third-order valence-corrected chi connectivity index (χ3v) is 2.14. The Morgan fingerprint density at radius 1 is 1.71 bits per heavy atom. The Morgan fingerprint density at radius 2 is 2.57 bits per heavy atom. The summed E-state index contributed by atoms with van der Waals surface area (Å²) in [5.41, 5.74) is 1.02. The van der Waals surface area contributed by atoms with E-state index >= 15 is 0 Å². The van der Waals surface area contributed by atoms with Crippen LogP contribution in [0, 0.1) is 0 Å². The van der Waals surface area contributed by atoms with Crippen molar-refractivity contribution >= 4 is 12.2 Å². The molecule has 1 aliphatic rings. The van der Waals surface area contributed by atoms with E-state index in [9.17, 15) is 4.79 Å². The van der Waals surface area contributed by atoms with E-state index in [1.165, 1.54) is 0 Å². The van der Waals surface area contributed by atoms with Gasteiger partial charge in [-0.05, 0) is 30.7 Å². The molecule has 1 unspecified atom stereocenters. The van der Waals surface area contributed by atoms with E-state index in [0.717, 1.165) is 11.3 Å². The average Bonchev–Trinajstić information content (AvgIpc) is 2.75. The molecule has 0 aromatic carbocycles. The maximum Gasteiger partial charge on any atom is 0.407 e. The highest BCUT2D eigenvalue weighted by atomic mass is 16.6. The second-order valence-corrected chi connectivity index (χ2v) is 3.20. The second kappa shape index (κ2) is 3.57. The molecule has 74 valence electrons. The first-order valence-corrected chi connectivity index (χ1v) is 4.41. The molecule has 1 fully saturated rings. The Kier molecular flexibility index (Phi) is 2.26. The molecule has 0 bridgehead atoms. The van der Waals surface area contributed by atoms with E-state index in [-0.39, 0.29) is 12.1 Å². The normalized spacial score (nSPS) is 21.9. The van der Waals surface area contributed by atoms with Gasteiger partial charge in [0.25, 0.3) is 0 Å². The molecular formula is C10H11NO3. The Labute approximate surface area is 81.5 Å². The highest BCUT2D eigenvalue weighted by molar-refractivity contribution is 5.71. The summed E-state index contributed by atoms with van der Waals surface area (Å²) in [6.45, 7) is 2.32. The Bertz CT molecular complexity index is 353. The van der Waals surface area contributed by atoms with Crippen molar-refractivity contribution in [3.05, 3.63) is 29.7 Å². The lowest BCUT2D eigenvalue weighted by atomic mass is 10.1. The van der Waals surface area contributed by atoms with Crippen LogP contribution in [0.4, 0.5) is 4.79 Å². The van der Waals surface area contributed by atoms with Gasteiger partial charge in [0.05, 0.1) is 12.3 Å². The SMILES string of the molecule is C/C(=C/c1ccco1)C1COC(=O)N1. The number of rotatable bonds is 2. The van der Waals surface area contributed by atoms with Gasteiger partial charge in [-0.1, -0.05) is 0 Å². The minimum atomic E-state index is -0.359. The number of hydrogen-bond donors (Lipinski definition) is 1. The van der Waals surface area contributed by atoms with Gasteiger partial charge in [-0.3, -0.25) is 0 Å². The van der Waals surface area contributed by atoms with Crippen LogP contribution in [0.5, 0.6) is 0 Å². The zero-order chi connectivity index (χ0) is 9.97. The molecule has 0 aliphatic carbocycles. The lowest BCUT2D eigenvalue weighted by Gasteiger charge is -2.06. The van der Waals surface area contributed by atoms with Crippen molar-refractivity contribution < 1.29 is 13.9 Å². The molecular weight excluding hydrogens is 182 g/mol. The molecule has 4 nitrogen and oxygen atoms in total. The molecule has 1 N–H and O–H groups in total. The van der Waals surface area contributed by atoms with Crippen LogP contribution >= 0.6 is 0 Å². The summed E-state index contributed by atoms with van der Waals surface area (Å²) < 4.78 is 9.94. The van der Waals surface area contributed by atoms with Gasteiger partial charge in [0.1, 0.15) is 12.4 Å². The minimum Gasteiger partial charge on any atom is -0.465 e. The van der Waals surface area contributed by atoms with Crippen LogP contribution in [0.25, 0.3) is 6.08 Å². The molecule has 0 saturated carbocycles. The summed E-state index contributed by atoms with van der Waals surface area (Å²) in [5.74, 6) is 0.781. The summed E-state index contributed by atoms with van der Waals surface area (Å²) in [6, 6.07) is 3.65. The molecule has 0 spiro atoms. The van der Waals surface area contributed by atoms with Crippen molar-refractivity contribution in [2.45, 2.75) is 13.0 Å². The van der Waals surface area contributed by atoms with Crippen molar-refractivity contribution in [2.24, 2.45) is 0 Å². The molecule has 1 atom stereocenters. The quantitative estimate of drug-likeness (QED) is 0.779. The first-order valence-electron chi connectivity index (χ1n) is 4.41. The van der Waals surface area contributed by atoms with Crippen LogP contribution in [0.1, 0.15) is 12.7 Å². The fourth-order valence-electron chi connectivity index (χ4n) is 1.33. The number of cyclic esters (lactones) is 1. The predicted molar refractivity (Wildman–Crippen MR) is 50.6 cm³/mol. The highest BCUT2D eigenvalue weighted by Gasteiger charge is 2.23. The number of nitrogens with one attached hydrogen (secondary N) is 1. The molecule has 0 radical (unpaired) electrons. The summed E-state index contributed by atoms with van der Waals surface area (Å²) in [6.07, 6.45) is 3.14. The summed E-state index contributed by atoms with van der Waals surface area (Å²) in [4.78, 5) is 10.8. The van der Waals surface area contributed by atoms with Crippen molar-refractivity contribution in [3.63, 3.8) is 0 Å². The van der Waals surface area contributed by atoms with Crippen LogP contribution in [0.15, 0.2) is 28.4 Å². The zero-order valence-electron chi connectivity index (χ0n) is 7.82. The van der Waals surface area contributed by atoms with E-state index in [1.54, 1.807) is 6.26 Å². The number of carbonyl (C=O) groups is 1. The molecule has 1 aliphatic heterocycles. The van der Waals surface area contributed by atoms with E-state index in [0.29, 0.717) is 6.61 Å². The lowest BCUT2D eigenvalue weighted by molar-refractivity contribution is 0.177. The third kappa shape index (κ3) is 1.79. The van der Waals surface area contributed by atoms with E-state index < -0.39 is 0 Å². The van der Waals surface area contributed by atoms with E-state index in [1.807, 2.05) is 25.1 Å². The van der Waals surface area contributed by atoms with Gasteiger partial charge in [-0.25, -0.2) is 4.79 Å². The Hall–Kier alpha value is -1.71. The predicted octanol–water partition coefficient (Wildman–Crippen LogP) is 1.79. The number of amides is 1. The van der Waals surface area contributed by atoms with Gasteiger partial charge >= 0.3 is 6.09 Å². The summed E-state index contributed by atoms with van der Waals surface area (Å²) in [7, 11) is 0. The molecule has 1 amide bonds. The van der Waals surface area contributed by atoms with Crippen LogP contribution < -0.4 is 5.32 Å². The molecule has 14 heavy (non-hydrogen) atoms. The van der Waals surface area contributed by atoms with Gasteiger partial charge in [0, 0.05) is 0 Å². The Balaban J connectivity index is 2.08. The van der Waals surface area contributed by atoms with Gasteiger partial charge < -0.3 is 14.5 Å². The van der Waals surface area contributed by atoms with Gasteiger partial charge in [-0.15, -0.1) is 0 Å². The molecule has 4 heteroatoms. The van der Waals surface area contributed by atoms with Gasteiger partial charge in [0.15, 0.2) is 0 Å². The fraction of sp³-hybridized carbons (Fsp3) is 0.300. The standard InChI is InChI=1S/C10H11NO3/c1-7(5-8-3-2-4-13-8)9-6-14-10(12)11-9/h2-5,9H,6H2,1H3,(H,11,12)/b7-5-. The van der Waals surface area contributed by atoms with Gasteiger partial charge in [0.2, 0.25) is 0 Å².